The minimum absolute atomic E-state index is 0.0370. The molecule has 94 valence electrons. The SMILES string of the molecule is Nc1cc(F)cc(C(=O)OCCOCCO)c1. The van der Waals surface area contributed by atoms with Crippen molar-refractivity contribution in [2.45, 2.75) is 0 Å². The summed E-state index contributed by atoms with van der Waals surface area (Å²) in [6, 6.07) is 3.49. The monoisotopic (exact) mass is 243 g/mol. The van der Waals surface area contributed by atoms with Crippen molar-refractivity contribution in [3.8, 4) is 0 Å². The van der Waals surface area contributed by atoms with E-state index in [0.29, 0.717) is 0 Å². The highest BCUT2D eigenvalue weighted by Gasteiger charge is 2.09. The highest BCUT2D eigenvalue weighted by atomic mass is 19.1. The van der Waals surface area contributed by atoms with Gasteiger partial charge in [0.25, 0.3) is 0 Å². The molecule has 5 nitrogen and oxygen atoms in total. The van der Waals surface area contributed by atoms with Crippen molar-refractivity contribution in [1.82, 2.24) is 0 Å². The molecule has 0 saturated carbocycles. The molecular weight excluding hydrogens is 229 g/mol. The fourth-order valence-corrected chi connectivity index (χ4v) is 1.17. The number of carbonyl (C=O) groups excluding carboxylic acids is 1. The van der Waals surface area contributed by atoms with E-state index in [1.54, 1.807) is 0 Å². The Morgan fingerprint density at radius 3 is 2.71 bits per heavy atom. The molecule has 0 saturated heterocycles. The second-order valence-corrected chi connectivity index (χ2v) is 3.25. The second-order valence-electron chi connectivity index (χ2n) is 3.25. The van der Waals surface area contributed by atoms with Crippen molar-refractivity contribution in [3.63, 3.8) is 0 Å². The van der Waals surface area contributed by atoms with Gasteiger partial charge in [-0.15, -0.1) is 0 Å². The Balaban J connectivity index is 2.41. The zero-order valence-corrected chi connectivity index (χ0v) is 9.19. The average Bonchev–Trinajstić information content (AvgIpc) is 2.27. The Morgan fingerprint density at radius 1 is 1.29 bits per heavy atom. The van der Waals surface area contributed by atoms with Crippen LogP contribution in [0.5, 0.6) is 0 Å². The van der Waals surface area contributed by atoms with Gasteiger partial charge in [-0.25, -0.2) is 9.18 Å². The van der Waals surface area contributed by atoms with Crippen molar-refractivity contribution in [1.29, 1.82) is 0 Å². The van der Waals surface area contributed by atoms with Gasteiger partial charge in [0.05, 0.1) is 25.4 Å². The fraction of sp³-hybridized carbons (Fsp3) is 0.364. The molecule has 0 aliphatic carbocycles. The van der Waals surface area contributed by atoms with E-state index in [1.807, 2.05) is 0 Å². The van der Waals surface area contributed by atoms with Crippen LogP contribution in [0.2, 0.25) is 0 Å². The maximum atomic E-state index is 12.9. The summed E-state index contributed by atoms with van der Waals surface area (Å²) in [5.74, 6) is -1.25. The summed E-state index contributed by atoms with van der Waals surface area (Å²) in [4.78, 5) is 11.4. The van der Waals surface area contributed by atoms with E-state index in [2.05, 4.69) is 0 Å². The number of rotatable bonds is 6. The fourth-order valence-electron chi connectivity index (χ4n) is 1.17. The molecule has 3 N–H and O–H groups in total. The summed E-state index contributed by atoms with van der Waals surface area (Å²) < 4.78 is 22.6. The number of hydrogen-bond donors (Lipinski definition) is 2. The Labute approximate surface area is 97.9 Å². The van der Waals surface area contributed by atoms with Gasteiger partial charge in [0.2, 0.25) is 0 Å². The summed E-state index contributed by atoms with van der Waals surface area (Å²) in [6.07, 6.45) is 0. The molecule has 0 fully saturated rings. The number of carbonyl (C=O) groups is 1. The molecule has 0 radical (unpaired) electrons. The van der Waals surface area contributed by atoms with E-state index in [-0.39, 0.29) is 37.7 Å². The van der Waals surface area contributed by atoms with Gasteiger partial charge in [0.15, 0.2) is 0 Å². The third-order valence-corrected chi connectivity index (χ3v) is 1.85. The Kier molecular flexibility index (Phi) is 5.38. The molecule has 0 bridgehead atoms. The van der Waals surface area contributed by atoms with E-state index < -0.39 is 11.8 Å². The van der Waals surface area contributed by atoms with Crippen LogP contribution in [-0.2, 0) is 9.47 Å². The number of hydrogen-bond acceptors (Lipinski definition) is 5. The van der Waals surface area contributed by atoms with Crippen molar-refractivity contribution in [2.24, 2.45) is 0 Å². The lowest BCUT2D eigenvalue weighted by Crippen LogP contribution is -2.12. The van der Waals surface area contributed by atoms with E-state index >= 15 is 0 Å². The standard InChI is InChI=1S/C11H14FNO4/c12-9-5-8(6-10(13)7-9)11(15)17-4-3-16-2-1-14/h5-7,14H,1-4,13H2. The minimum Gasteiger partial charge on any atom is -0.460 e. The van der Waals surface area contributed by atoms with Crippen LogP contribution in [-0.4, -0.2) is 37.5 Å². The normalized spacial score (nSPS) is 10.2. The van der Waals surface area contributed by atoms with Gasteiger partial charge in [-0.3, -0.25) is 0 Å². The van der Waals surface area contributed by atoms with Crippen LogP contribution < -0.4 is 5.73 Å². The number of anilines is 1. The molecule has 1 aromatic carbocycles. The van der Waals surface area contributed by atoms with Crippen LogP contribution in [0.4, 0.5) is 10.1 Å². The zero-order chi connectivity index (χ0) is 12.7. The van der Waals surface area contributed by atoms with Crippen molar-refractivity contribution in [3.05, 3.63) is 29.6 Å². The maximum Gasteiger partial charge on any atom is 0.338 e. The van der Waals surface area contributed by atoms with Crippen LogP contribution in [0.3, 0.4) is 0 Å². The summed E-state index contributed by atoms with van der Waals surface area (Å²) in [7, 11) is 0. The summed E-state index contributed by atoms with van der Waals surface area (Å²) in [5.41, 5.74) is 5.61. The minimum atomic E-state index is -0.663. The van der Waals surface area contributed by atoms with Crippen molar-refractivity contribution >= 4 is 11.7 Å². The summed E-state index contributed by atoms with van der Waals surface area (Å²) >= 11 is 0. The molecule has 0 atom stereocenters. The molecular formula is C11H14FNO4. The predicted octanol–water partition coefficient (Wildman–Crippen LogP) is 0.574. The van der Waals surface area contributed by atoms with Crippen molar-refractivity contribution in [2.75, 3.05) is 32.2 Å². The van der Waals surface area contributed by atoms with Crippen molar-refractivity contribution < 1.29 is 23.8 Å². The topological polar surface area (TPSA) is 81.8 Å². The quantitative estimate of drug-likeness (QED) is 0.434. The van der Waals surface area contributed by atoms with E-state index in [1.165, 1.54) is 6.07 Å². The molecule has 17 heavy (non-hydrogen) atoms. The number of nitrogens with two attached hydrogens (primary N) is 1. The van der Waals surface area contributed by atoms with E-state index in [9.17, 15) is 9.18 Å². The van der Waals surface area contributed by atoms with Gasteiger partial charge >= 0.3 is 5.97 Å². The number of aliphatic hydroxyl groups is 1. The Morgan fingerprint density at radius 2 is 2.06 bits per heavy atom. The Bertz CT molecular complexity index is 363. The molecule has 0 unspecified atom stereocenters. The summed E-state index contributed by atoms with van der Waals surface area (Å²) in [5, 5.41) is 8.43. The third kappa shape index (κ3) is 4.80. The maximum absolute atomic E-state index is 12.9. The number of aliphatic hydroxyl groups excluding tert-OH is 1. The highest BCUT2D eigenvalue weighted by Crippen LogP contribution is 2.11. The number of halogens is 1. The molecule has 1 aromatic rings. The molecule has 0 spiro atoms. The van der Waals surface area contributed by atoms with Crippen LogP contribution in [0.1, 0.15) is 10.4 Å². The molecule has 0 aromatic heterocycles. The smallest absolute Gasteiger partial charge is 0.338 e. The molecule has 0 aliphatic heterocycles. The third-order valence-electron chi connectivity index (χ3n) is 1.85. The molecule has 0 heterocycles. The van der Waals surface area contributed by atoms with Gasteiger partial charge in [0.1, 0.15) is 12.4 Å². The number of nitrogen functional groups attached to an aromatic ring is 1. The number of ether oxygens (including phenoxy) is 2. The second kappa shape index (κ2) is 6.82. The Hall–Kier alpha value is -1.66. The van der Waals surface area contributed by atoms with Gasteiger partial charge in [-0.2, -0.15) is 0 Å². The molecule has 0 amide bonds. The predicted molar refractivity (Wildman–Crippen MR) is 59.0 cm³/mol. The number of benzene rings is 1. The van der Waals surface area contributed by atoms with Gasteiger partial charge in [-0.05, 0) is 18.2 Å². The van der Waals surface area contributed by atoms with Crippen LogP contribution >= 0.6 is 0 Å². The first kappa shape index (κ1) is 13.4. The largest absolute Gasteiger partial charge is 0.460 e. The lowest BCUT2D eigenvalue weighted by atomic mass is 10.2. The first-order valence-electron chi connectivity index (χ1n) is 5.05. The lowest BCUT2D eigenvalue weighted by molar-refractivity contribution is 0.0258. The first-order valence-corrected chi connectivity index (χ1v) is 5.05. The van der Waals surface area contributed by atoms with Gasteiger partial charge in [-0.1, -0.05) is 0 Å². The first-order chi connectivity index (χ1) is 8.13. The lowest BCUT2D eigenvalue weighted by Gasteiger charge is -2.06. The number of esters is 1. The van der Waals surface area contributed by atoms with Crippen LogP contribution in [0.25, 0.3) is 0 Å². The zero-order valence-electron chi connectivity index (χ0n) is 9.19. The summed E-state index contributed by atoms with van der Waals surface area (Å²) in [6.45, 7) is 0.311. The molecule has 1 rings (SSSR count). The van der Waals surface area contributed by atoms with Gasteiger partial charge < -0.3 is 20.3 Å². The van der Waals surface area contributed by atoms with E-state index in [0.717, 1.165) is 12.1 Å². The average molecular weight is 243 g/mol. The molecule has 6 heteroatoms. The van der Waals surface area contributed by atoms with E-state index in [4.69, 9.17) is 20.3 Å². The molecule has 0 aliphatic rings. The highest BCUT2D eigenvalue weighted by molar-refractivity contribution is 5.90. The van der Waals surface area contributed by atoms with Crippen LogP contribution in [0.15, 0.2) is 18.2 Å². The van der Waals surface area contributed by atoms with Crippen LogP contribution in [0, 0.1) is 5.82 Å². The van der Waals surface area contributed by atoms with Gasteiger partial charge in [0, 0.05) is 5.69 Å².